The molecule has 7 nitrogen and oxygen atoms in total. The average molecular weight is 489 g/mol. The Morgan fingerprint density at radius 1 is 1.08 bits per heavy atom. The fourth-order valence-corrected chi connectivity index (χ4v) is 4.84. The van der Waals surface area contributed by atoms with E-state index >= 15 is 0 Å². The maximum Gasteiger partial charge on any atom is 0.225 e. The number of likely N-dealkylation sites (tertiary alicyclic amines) is 1. The summed E-state index contributed by atoms with van der Waals surface area (Å²) in [5.41, 5.74) is 2.48. The second kappa shape index (κ2) is 10.9. The number of benzene rings is 2. The summed E-state index contributed by atoms with van der Waals surface area (Å²) < 4.78 is 20.8. The normalized spacial score (nSPS) is 19.9. The number of nitrogens with zero attached hydrogens (tertiary/aromatic N) is 3. The molecule has 186 valence electrons. The van der Waals surface area contributed by atoms with E-state index < -0.39 is 6.10 Å². The predicted octanol–water partition coefficient (Wildman–Crippen LogP) is 3.32. The van der Waals surface area contributed by atoms with Gasteiger partial charge in [-0.3, -0.25) is 19.5 Å². The average Bonchev–Trinajstić information content (AvgIpc) is 3.14. The molecule has 5 rings (SSSR count). The second-order valence-corrected chi connectivity index (χ2v) is 9.30. The number of aromatic nitrogens is 1. The second-order valence-electron chi connectivity index (χ2n) is 9.30. The minimum atomic E-state index is -0.459. The number of carbonyl (C=O) groups is 2. The molecule has 3 heterocycles. The van der Waals surface area contributed by atoms with E-state index in [2.05, 4.69) is 15.2 Å². The Labute approximate surface area is 209 Å². The van der Waals surface area contributed by atoms with Crippen LogP contribution in [0, 0.1) is 11.7 Å². The molecular formula is C28H29FN4O3. The van der Waals surface area contributed by atoms with Crippen LogP contribution in [0.1, 0.15) is 29.2 Å². The summed E-state index contributed by atoms with van der Waals surface area (Å²) in [5.74, 6) is -0.0527. The van der Waals surface area contributed by atoms with Crippen molar-refractivity contribution < 1.29 is 18.7 Å². The van der Waals surface area contributed by atoms with E-state index in [1.165, 1.54) is 6.07 Å². The van der Waals surface area contributed by atoms with Crippen LogP contribution in [0.4, 0.5) is 4.39 Å². The molecule has 8 heteroatoms. The lowest BCUT2D eigenvalue weighted by Crippen LogP contribution is -2.39. The SMILES string of the molecule is O=C(NCCN1Cc2ccccc2O[C@@H](c2ccccc2F)C1)[C@@H]1CC(=O)N(Cc2cccnc2)C1. The van der Waals surface area contributed by atoms with Crippen molar-refractivity contribution in [1.82, 2.24) is 20.1 Å². The number of hydrogen-bond donors (Lipinski definition) is 1. The molecule has 3 aromatic rings. The largest absolute Gasteiger partial charge is 0.484 e. The van der Waals surface area contributed by atoms with Gasteiger partial charge in [0.15, 0.2) is 0 Å². The van der Waals surface area contributed by atoms with Gasteiger partial charge in [0, 0.05) is 69.2 Å². The number of para-hydroxylation sites is 1. The smallest absolute Gasteiger partial charge is 0.225 e. The quantitative estimate of drug-likeness (QED) is 0.552. The first-order valence-corrected chi connectivity index (χ1v) is 12.2. The number of pyridine rings is 1. The maximum absolute atomic E-state index is 14.6. The maximum atomic E-state index is 14.6. The van der Waals surface area contributed by atoms with Crippen molar-refractivity contribution in [3.63, 3.8) is 0 Å². The number of rotatable bonds is 7. The summed E-state index contributed by atoms with van der Waals surface area (Å²) in [7, 11) is 0. The van der Waals surface area contributed by atoms with E-state index in [0.717, 1.165) is 16.9 Å². The Morgan fingerprint density at radius 3 is 2.75 bits per heavy atom. The van der Waals surface area contributed by atoms with Gasteiger partial charge in [-0.2, -0.15) is 0 Å². The molecule has 0 spiro atoms. The lowest BCUT2D eigenvalue weighted by Gasteiger charge is -2.24. The highest BCUT2D eigenvalue weighted by Crippen LogP contribution is 2.32. The van der Waals surface area contributed by atoms with Crippen molar-refractivity contribution in [2.24, 2.45) is 5.92 Å². The zero-order valence-electron chi connectivity index (χ0n) is 20.0. The minimum Gasteiger partial charge on any atom is -0.484 e. The van der Waals surface area contributed by atoms with Gasteiger partial charge in [0.1, 0.15) is 17.7 Å². The van der Waals surface area contributed by atoms with E-state index in [4.69, 9.17) is 4.74 Å². The molecule has 1 fully saturated rings. The number of ether oxygens (including phenoxy) is 1. The van der Waals surface area contributed by atoms with Crippen LogP contribution < -0.4 is 10.1 Å². The first-order valence-electron chi connectivity index (χ1n) is 12.2. The number of carbonyl (C=O) groups excluding carboxylic acids is 2. The van der Waals surface area contributed by atoms with Crippen LogP contribution in [-0.2, 0) is 22.7 Å². The van der Waals surface area contributed by atoms with Crippen molar-refractivity contribution in [2.45, 2.75) is 25.6 Å². The van der Waals surface area contributed by atoms with Crippen LogP contribution in [0.25, 0.3) is 0 Å². The minimum absolute atomic E-state index is 0.0204. The zero-order valence-corrected chi connectivity index (χ0v) is 20.0. The van der Waals surface area contributed by atoms with Gasteiger partial charge >= 0.3 is 0 Å². The molecule has 1 saturated heterocycles. The van der Waals surface area contributed by atoms with Crippen LogP contribution in [0.3, 0.4) is 0 Å². The third-order valence-electron chi connectivity index (χ3n) is 6.72. The van der Waals surface area contributed by atoms with Gasteiger partial charge in [-0.25, -0.2) is 4.39 Å². The third kappa shape index (κ3) is 5.54. The molecule has 0 bridgehead atoms. The van der Waals surface area contributed by atoms with Gasteiger partial charge in [0.2, 0.25) is 11.8 Å². The highest BCUT2D eigenvalue weighted by atomic mass is 19.1. The third-order valence-corrected chi connectivity index (χ3v) is 6.72. The molecule has 0 unspecified atom stereocenters. The lowest BCUT2D eigenvalue weighted by molar-refractivity contribution is -0.129. The van der Waals surface area contributed by atoms with E-state index in [9.17, 15) is 14.0 Å². The van der Waals surface area contributed by atoms with Crippen molar-refractivity contribution in [2.75, 3.05) is 26.2 Å². The van der Waals surface area contributed by atoms with E-state index in [-0.39, 0.29) is 30.0 Å². The van der Waals surface area contributed by atoms with Gasteiger partial charge in [0.05, 0.1) is 5.92 Å². The molecule has 0 saturated carbocycles. The van der Waals surface area contributed by atoms with E-state index in [1.54, 1.807) is 29.4 Å². The van der Waals surface area contributed by atoms with Crippen LogP contribution in [0.5, 0.6) is 5.75 Å². The fourth-order valence-electron chi connectivity index (χ4n) is 4.84. The highest BCUT2D eigenvalue weighted by molar-refractivity contribution is 5.89. The van der Waals surface area contributed by atoms with Crippen molar-refractivity contribution in [1.29, 1.82) is 0 Å². The number of halogens is 1. The lowest BCUT2D eigenvalue weighted by atomic mass is 10.1. The van der Waals surface area contributed by atoms with Gasteiger partial charge in [-0.1, -0.05) is 42.5 Å². The van der Waals surface area contributed by atoms with E-state index in [0.29, 0.717) is 44.8 Å². The Kier molecular flexibility index (Phi) is 7.23. The first kappa shape index (κ1) is 23.9. The van der Waals surface area contributed by atoms with Crippen molar-refractivity contribution in [3.05, 3.63) is 95.6 Å². The predicted molar refractivity (Wildman–Crippen MR) is 132 cm³/mol. The molecule has 2 atom stereocenters. The van der Waals surface area contributed by atoms with Gasteiger partial charge in [-0.05, 0) is 23.8 Å². The molecule has 2 amide bonds. The zero-order chi connectivity index (χ0) is 24.9. The Balaban J connectivity index is 1.18. The van der Waals surface area contributed by atoms with E-state index in [1.807, 2.05) is 42.5 Å². The molecule has 1 aromatic heterocycles. The molecule has 1 N–H and O–H groups in total. The molecule has 2 aliphatic heterocycles. The number of fused-ring (bicyclic) bond motifs is 1. The Bertz CT molecular complexity index is 1220. The summed E-state index contributed by atoms with van der Waals surface area (Å²) in [5, 5.41) is 3.00. The molecule has 0 aliphatic carbocycles. The highest BCUT2D eigenvalue weighted by Gasteiger charge is 2.34. The topological polar surface area (TPSA) is 74.8 Å². The summed E-state index contributed by atoms with van der Waals surface area (Å²) >= 11 is 0. The molecular weight excluding hydrogens is 459 g/mol. The van der Waals surface area contributed by atoms with Crippen molar-refractivity contribution in [3.8, 4) is 5.75 Å². The summed E-state index contributed by atoms with van der Waals surface area (Å²) in [4.78, 5) is 33.2. The fraction of sp³-hybridized carbons (Fsp3) is 0.321. The van der Waals surface area contributed by atoms with Gasteiger partial charge < -0.3 is 15.0 Å². The van der Waals surface area contributed by atoms with Crippen molar-refractivity contribution >= 4 is 11.8 Å². The molecule has 2 aliphatic rings. The summed E-state index contributed by atoms with van der Waals surface area (Å²) in [6.07, 6.45) is 3.18. The van der Waals surface area contributed by atoms with Gasteiger partial charge in [-0.15, -0.1) is 0 Å². The first-order chi connectivity index (χ1) is 17.6. The van der Waals surface area contributed by atoms with Crippen LogP contribution >= 0.6 is 0 Å². The summed E-state index contributed by atoms with van der Waals surface area (Å²) in [6, 6.07) is 18.2. The Hall–Kier alpha value is -3.78. The molecule has 36 heavy (non-hydrogen) atoms. The number of hydrogen-bond acceptors (Lipinski definition) is 5. The number of amides is 2. The Morgan fingerprint density at radius 2 is 1.92 bits per heavy atom. The molecule has 2 aromatic carbocycles. The molecule has 0 radical (unpaired) electrons. The number of nitrogens with one attached hydrogen (secondary N) is 1. The summed E-state index contributed by atoms with van der Waals surface area (Å²) in [6.45, 7) is 3.00. The monoisotopic (exact) mass is 488 g/mol. The van der Waals surface area contributed by atoms with Gasteiger partial charge in [0.25, 0.3) is 0 Å². The van der Waals surface area contributed by atoms with Crippen LogP contribution in [0.15, 0.2) is 73.1 Å². The standard InChI is InChI=1S/C28H29FN4O3/c29-24-9-3-2-8-23(24)26-19-32(17-21-7-1-4-10-25(21)36-26)13-12-31-28(35)22-14-27(34)33(18-22)16-20-6-5-11-30-15-20/h1-11,15,22,26H,12-14,16-19H2,(H,31,35)/t22-,26-/m1/s1. The van der Waals surface area contributed by atoms with Crippen LogP contribution in [0.2, 0.25) is 0 Å². The van der Waals surface area contributed by atoms with Crippen LogP contribution in [-0.4, -0.2) is 52.8 Å².